The van der Waals surface area contributed by atoms with Gasteiger partial charge in [0.05, 0.1) is 5.49 Å². The van der Waals surface area contributed by atoms with Gasteiger partial charge in [-0.1, -0.05) is 30.4 Å². The minimum atomic E-state index is 0.392. The van der Waals surface area contributed by atoms with Crippen LogP contribution >= 0.6 is 12.2 Å². The summed E-state index contributed by atoms with van der Waals surface area (Å²) in [6.07, 6.45) is 2.00. The van der Waals surface area contributed by atoms with Crippen LogP contribution in [-0.4, -0.2) is 23.9 Å². The van der Waals surface area contributed by atoms with Crippen molar-refractivity contribution in [1.82, 2.24) is 5.48 Å². The summed E-state index contributed by atoms with van der Waals surface area (Å²) >= 11 is 4.05. The maximum absolute atomic E-state index is 8.74. The van der Waals surface area contributed by atoms with Gasteiger partial charge < -0.3 is 20.4 Å². The van der Waals surface area contributed by atoms with Gasteiger partial charge in [-0.25, -0.2) is 5.48 Å². The Balaban J connectivity index is 0.000000595. The standard InChI is InChI=1S/C16H15NO3.CH3NS/c18-17-10-12-8-13-9-15(6-7-16(13)19-11-12)20-14-4-2-1-3-5-14;2-1-3/h1-9,17-18H,10-11H2;1H,(H2,2,3). The summed E-state index contributed by atoms with van der Waals surface area (Å²) in [6.45, 7) is 0.878. The van der Waals surface area contributed by atoms with E-state index >= 15 is 0 Å². The van der Waals surface area contributed by atoms with Crippen molar-refractivity contribution < 1.29 is 14.7 Å². The Bertz CT molecular complexity index is 675. The second kappa shape index (κ2) is 8.89. The highest BCUT2D eigenvalue weighted by atomic mass is 32.1. The average molecular weight is 330 g/mol. The summed E-state index contributed by atoms with van der Waals surface area (Å²) in [5, 5.41) is 8.74. The lowest BCUT2D eigenvalue weighted by atomic mass is 10.1. The smallest absolute Gasteiger partial charge is 0.128 e. The zero-order valence-corrected chi connectivity index (χ0v) is 13.3. The van der Waals surface area contributed by atoms with Gasteiger partial charge in [-0.15, -0.1) is 0 Å². The zero-order valence-electron chi connectivity index (χ0n) is 12.4. The molecule has 2 aromatic carbocycles. The summed E-state index contributed by atoms with van der Waals surface area (Å²) in [6, 6.07) is 15.3. The normalized spacial score (nSPS) is 12.0. The number of benzene rings is 2. The molecule has 0 saturated heterocycles. The number of fused-ring (bicyclic) bond motifs is 1. The summed E-state index contributed by atoms with van der Waals surface area (Å²) < 4.78 is 11.4. The van der Waals surface area contributed by atoms with Crippen LogP contribution in [-0.2, 0) is 0 Å². The number of hydroxylamine groups is 1. The van der Waals surface area contributed by atoms with Crippen molar-refractivity contribution in [2.45, 2.75) is 0 Å². The van der Waals surface area contributed by atoms with Gasteiger partial charge in [-0.05, 0) is 42.0 Å². The second-order valence-electron chi connectivity index (χ2n) is 4.68. The fourth-order valence-electron chi connectivity index (χ4n) is 2.09. The Morgan fingerprint density at radius 3 is 2.65 bits per heavy atom. The fourth-order valence-corrected chi connectivity index (χ4v) is 2.09. The van der Waals surface area contributed by atoms with Gasteiger partial charge >= 0.3 is 0 Å². The molecule has 3 rings (SSSR count). The Labute approximate surface area is 140 Å². The van der Waals surface area contributed by atoms with Crippen LogP contribution in [0.15, 0.2) is 54.1 Å². The first kappa shape index (κ1) is 17.0. The van der Waals surface area contributed by atoms with E-state index in [-0.39, 0.29) is 0 Å². The molecule has 0 fully saturated rings. The minimum absolute atomic E-state index is 0.392. The average Bonchev–Trinajstić information content (AvgIpc) is 2.56. The second-order valence-corrected chi connectivity index (χ2v) is 4.95. The van der Waals surface area contributed by atoms with E-state index in [1.165, 1.54) is 0 Å². The maximum atomic E-state index is 8.74. The van der Waals surface area contributed by atoms with E-state index < -0.39 is 0 Å². The lowest BCUT2D eigenvalue weighted by molar-refractivity contribution is 0.173. The van der Waals surface area contributed by atoms with Crippen LogP contribution in [0.3, 0.4) is 0 Å². The molecule has 0 radical (unpaired) electrons. The van der Waals surface area contributed by atoms with Crippen molar-refractivity contribution in [1.29, 1.82) is 0 Å². The molecule has 0 unspecified atom stereocenters. The molecule has 0 atom stereocenters. The highest BCUT2D eigenvalue weighted by molar-refractivity contribution is 7.78. The van der Waals surface area contributed by atoms with Crippen LogP contribution in [0.4, 0.5) is 0 Å². The Morgan fingerprint density at radius 1 is 1.22 bits per heavy atom. The van der Waals surface area contributed by atoms with Crippen molar-refractivity contribution in [3.05, 3.63) is 59.7 Å². The largest absolute Gasteiger partial charge is 0.489 e. The molecule has 0 amide bonds. The van der Waals surface area contributed by atoms with Gasteiger partial charge in [0.25, 0.3) is 0 Å². The fraction of sp³-hybridized carbons (Fsp3) is 0.118. The number of hydrogen-bond donors (Lipinski definition) is 3. The molecule has 1 aliphatic rings. The summed E-state index contributed by atoms with van der Waals surface area (Å²) in [5.74, 6) is 2.38. The van der Waals surface area contributed by atoms with Crippen LogP contribution in [0.1, 0.15) is 5.56 Å². The van der Waals surface area contributed by atoms with Gasteiger partial charge in [0.2, 0.25) is 0 Å². The predicted octanol–water partition coefficient (Wildman–Crippen LogP) is 3.14. The molecule has 23 heavy (non-hydrogen) atoms. The number of thiocarbonyl (C=S) groups is 1. The Kier molecular flexibility index (Phi) is 6.56. The molecule has 0 saturated carbocycles. The number of hydrogen-bond acceptors (Lipinski definition) is 5. The van der Waals surface area contributed by atoms with Crippen LogP contribution < -0.4 is 20.7 Å². The summed E-state index contributed by atoms with van der Waals surface area (Å²) in [5.41, 5.74) is 9.70. The zero-order chi connectivity index (χ0) is 16.5. The van der Waals surface area contributed by atoms with Gasteiger partial charge in [0.15, 0.2) is 0 Å². The van der Waals surface area contributed by atoms with Crippen LogP contribution in [0.5, 0.6) is 17.2 Å². The number of ether oxygens (including phenoxy) is 2. The topological polar surface area (TPSA) is 76.7 Å². The van der Waals surface area contributed by atoms with Gasteiger partial charge in [0.1, 0.15) is 23.9 Å². The third-order valence-corrected chi connectivity index (χ3v) is 3.04. The van der Waals surface area contributed by atoms with Crippen molar-refractivity contribution >= 4 is 23.8 Å². The maximum Gasteiger partial charge on any atom is 0.128 e. The lowest BCUT2D eigenvalue weighted by Gasteiger charge is -2.18. The van der Waals surface area contributed by atoms with E-state index in [9.17, 15) is 0 Å². The van der Waals surface area contributed by atoms with Gasteiger partial charge in [-0.2, -0.15) is 0 Å². The molecule has 5 nitrogen and oxygen atoms in total. The molecule has 0 bridgehead atoms. The minimum Gasteiger partial charge on any atom is -0.489 e. The molecular formula is C17H18N2O3S. The molecule has 2 aromatic rings. The summed E-state index contributed by atoms with van der Waals surface area (Å²) in [4.78, 5) is 0. The highest BCUT2D eigenvalue weighted by Gasteiger charge is 2.12. The van der Waals surface area contributed by atoms with Gasteiger partial charge in [0, 0.05) is 12.1 Å². The van der Waals surface area contributed by atoms with E-state index in [1.807, 2.05) is 54.6 Å². The number of rotatable bonds is 4. The molecule has 4 N–H and O–H groups in total. The number of para-hydroxylation sites is 1. The number of nitrogens with one attached hydrogen (secondary N) is 1. The molecule has 1 aliphatic heterocycles. The third-order valence-electron chi connectivity index (χ3n) is 3.04. The first-order chi connectivity index (χ1) is 11.3. The molecule has 0 aromatic heterocycles. The third kappa shape index (κ3) is 5.07. The van der Waals surface area contributed by atoms with Crippen LogP contribution in [0.25, 0.3) is 6.08 Å². The van der Waals surface area contributed by atoms with Crippen molar-refractivity contribution in [3.63, 3.8) is 0 Å². The van der Waals surface area contributed by atoms with Crippen molar-refractivity contribution in [2.75, 3.05) is 13.2 Å². The highest BCUT2D eigenvalue weighted by Crippen LogP contribution is 2.31. The number of nitrogens with two attached hydrogens (primary N) is 1. The van der Waals surface area contributed by atoms with E-state index in [2.05, 4.69) is 23.4 Å². The Morgan fingerprint density at radius 2 is 1.96 bits per heavy atom. The SMILES string of the molecule is NC=S.ONCC1=Cc2cc(Oc3ccccc3)ccc2OC1. The van der Waals surface area contributed by atoms with E-state index in [0.717, 1.165) is 33.9 Å². The Hall–Kier alpha value is -2.41. The monoisotopic (exact) mass is 330 g/mol. The van der Waals surface area contributed by atoms with E-state index in [1.54, 1.807) is 0 Å². The molecular weight excluding hydrogens is 312 g/mol. The quantitative estimate of drug-likeness (QED) is 0.590. The van der Waals surface area contributed by atoms with Crippen molar-refractivity contribution in [3.8, 4) is 17.2 Å². The summed E-state index contributed by atoms with van der Waals surface area (Å²) in [7, 11) is 0. The van der Waals surface area contributed by atoms with Crippen LogP contribution in [0.2, 0.25) is 0 Å². The molecule has 0 aliphatic carbocycles. The predicted molar refractivity (Wildman–Crippen MR) is 94.1 cm³/mol. The first-order valence-corrected chi connectivity index (χ1v) is 7.45. The van der Waals surface area contributed by atoms with Crippen LogP contribution in [0, 0.1) is 0 Å². The van der Waals surface area contributed by atoms with Gasteiger partial charge in [-0.3, -0.25) is 0 Å². The molecule has 1 heterocycles. The molecule has 6 heteroatoms. The van der Waals surface area contributed by atoms with E-state index in [4.69, 9.17) is 14.7 Å². The molecule has 120 valence electrons. The van der Waals surface area contributed by atoms with E-state index in [0.29, 0.717) is 13.2 Å². The first-order valence-electron chi connectivity index (χ1n) is 6.98. The van der Waals surface area contributed by atoms with Crippen molar-refractivity contribution in [2.24, 2.45) is 5.73 Å². The molecule has 0 spiro atoms. The lowest BCUT2D eigenvalue weighted by Crippen LogP contribution is -2.18.